The van der Waals surface area contributed by atoms with Crippen molar-refractivity contribution in [2.45, 2.75) is 26.3 Å². The number of aryl methyl sites for hydroxylation is 1. The molecular weight excluding hydrogens is 248 g/mol. The number of pyridine rings is 1. The Morgan fingerprint density at radius 3 is 2.65 bits per heavy atom. The Labute approximate surface area is 119 Å². The number of Topliss-reactive ketones (excluding diaryl/α,β-unsaturated/α-hetero) is 1. The summed E-state index contributed by atoms with van der Waals surface area (Å²) in [6.07, 6.45) is 4.09. The predicted octanol–water partition coefficient (Wildman–Crippen LogP) is 3.24. The predicted molar refractivity (Wildman–Crippen MR) is 80.1 cm³/mol. The third-order valence-corrected chi connectivity index (χ3v) is 3.83. The Balaban J connectivity index is 1.85. The number of nitrogens with zero attached hydrogens (tertiary/aromatic N) is 2. The standard InChI is InChI=1S/C17H18N2O/c1-13(20)17-9-8-16(11-18-17)19-10-4-7-14-5-2-3-6-15(14)12-19/h2-3,5-6,8-9,11H,4,7,10,12H2,1H3. The summed E-state index contributed by atoms with van der Waals surface area (Å²) in [5, 5.41) is 0. The van der Waals surface area contributed by atoms with E-state index in [0.717, 1.165) is 31.6 Å². The van der Waals surface area contributed by atoms with Gasteiger partial charge in [-0.05, 0) is 36.1 Å². The van der Waals surface area contributed by atoms with E-state index in [2.05, 4.69) is 34.1 Å². The molecule has 0 fully saturated rings. The second-order valence-electron chi connectivity index (χ2n) is 5.25. The summed E-state index contributed by atoms with van der Waals surface area (Å²) >= 11 is 0. The van der Waals surface area contributed by atoms with E-state index in [9.17, 15) is 4.79 Å². The van der Waals surface area contributed by atoms with Crippen molar-refractivity contribution >= 4 is 11.5 Å². The minimum atomic E-state index is 0.0118. The first-order chi connectivity index (χ1) is 9.74. The lowest BCUT2D eigenvalue weighted by atomic mass is 10.0. The van der Waals surface area contributed by atoms with Crippen LogP contribution in [-0.4, -0.2) is 17.3 Å². The molecule has 0 atom stereocenters. The number of anilines is 1. The number of aromatic nitrogens is 1. The highest BCUT2D eigenvalue weighted by Gasteiger charge is 2.14. The third kappa shape index (κ3) is 2.57. The summed E-state index contributed by atoms with van der Waals surface area (Å²) in [5.74, 6) is 0.0118. The topological polar surface area (TPSA) is 33.2 Å². The van der Waals surface area contributed by atoms with E-state index in [1.54, 1.807) is 6.92 Å². The normalized spacial score (nSPS) is 14.6. The lowest BCUT2D eigenvalue weighted by Gasteiger charge is -2.22. The van der Waals surface area contributed by atoms with Crippen LogP contribution in [0.3, 0.4) is 0 Å². The molecule has 102 valence electrons. The Kier molecular flexibility index (Phi) is 3.50. The van der Waals surface area contributed by atoms with Gasteiger partial charge in [-0.15, -0.1) is 0 Å². The number of hydrogen-bond acceptors (Lipinski definition) is 3. The van der Waals surface area contributed by atoms with Gasteiger partial charge >= 0.3 is 0 Å². The minimum absolute atomic E-state index is 0.0118. The van der Waals surface area contributed by atoms with E-state index in [1.807, 2.05) is 18.3 Å². The molecule has 2 aromatic rings. The van der Waals surface area contributed by atoms with E-state index in [1.165, 1.54) is 11.1 Å². The molecule has 0 saturated carbocycles. The van der Waals surface area contributed by atoms with Crippen LogP contribution in [0.1, 0.15) is 35.0 Å². The lowest BCUT2D eigenvalue weighted by molar-refractivity contribution is 0.101. The maximum atomic E-state index is 11.3. The molecule has 3 rings (SSSR count). The van der Waals surface area contributed by atoms with Crippen LogP contribution in [0.2, 0.25) is 0 Å². The van der Waals surface area contributed by atoms with Crippen molar-refractivity contribution in [3.8, 4) is 0 Å². The fraction of sp³-hybridized carbons (Fsp3) is 0.294. The molecule has 3 heteroatoms. The second-order valence-corrected chi connectivity index (χ2v) is 5.25. The summed E-state index contributed by atoms with van der Waals surface area (Å²) in [4.78, 5) is 17.9. The average Bonchev–Trinajstić information content (AvgIpc) is 2.69. The average molecular weight is 266 g/mol. The Morgan fingerprint density at radius 2 is 1.95 bits per heavy atom. The number of fused-ring (bicyclic) bond motifs is 1. The van der Waals surface area contributed by atoms with Crippen molar-refractivity contribution in [1.29, 1.82) is 0 Å². The van der Waals surface area contributed by atoms with Crippen LogP contribution in [0.4, 0.5) is 5.69 Å². The molecule has 0 N–H and O–H groups in total. The van der Waals surface area contributed by atoms with Crippen molar-refractivity contribution in [2.75, 3.05) is 11.4 Å². The number of carbonyl (C=O) groups is 1. The first-order valence-electron chi connectivity index (χ1n) is 7.03. The molecule has 0 spiro atoms. The Morgan fingerprint density at radius 1 is 1.15 bits per heavy atom. The quantitative estimate of drug-likeness (QED) is 0.782. The molecule has 1 aliphatic heterocycles. The van der Waals surface area contributed by atoms with E-state index < -0.39 is 0 Å². The maximum Gasteiger partial charge on any atom is 0.178 e. The molecule has 0 saturated heterocycles. The van der Waals surface area contributed by atoms with Gasteiger partial charge in [0.05, 0.1) is 11.9 Å². The van der Waals surface area contributed by atoms with Gasteiger partial charge in [0.2, 0.25) is 0 Å². The Bertz CT molecular complexity index is 619. The monoisotopic (exact) mass is 266 g/mol. The molecule has 3 nitrogen and oxygen atoms in total. The molecule has 2 heterocycles. The molecule has 20 heavy (non-hydrogen) atoms. The lowest BCUT2D eigenvalue weighted by Crippen LogP contribution is -2.22. The van der Waals surface area contributed by atoms with Crippen LogP contribution in [-0.2, 0) is 13.0 Å². The van der Waals surface area contributed by atoms with Crippen LogP contribution < -0.4 is 4.90 Å². The van der Waals surface area contributed by atoms with Crippen LogP contribution in [0.15, 0.2) is 42.6 Å². The van der Waals surface area contributed by atoms with E-state index in [4.69, 9.17) is 0 Å². The number of benzene rings is 1. The number of ketones is 1. The second kappa shape index (κ2) is 5.45. The van der Waals surface area contributed by atoms with Gasteiger partial charge in [-0.2, -0.15) is 0 Å². The molecular formula is C17H18N2O. The molecule has 1 aromatic carbocycles. The van der Waals surface area contributed by atoms with Gasteiger partial charge in [-0.3, -0.25) is 9.78 Å². The van der Waals surface area contributed by atoms with Crippen molar-refractivity contribution in [1.82, 2.24) is 4.98 Å². The van der Waals surface area contributed by atoms with Crippen LogP contribution >= 0.6 is 0 Å². The molecule has 1 aromatic heterocycles. The largest absolute Gasteiger partial charge is 0.366 e. The summed E-state index contributed by atoms with van der Waals surface area (Å²) in [7, 11) is 0. The first kappa shape index (κ1) is 12.9. The molecule has 0 amide bonds. The van der Waals surface area contributed by atoms with E-state index in [-0.39, 0.29) is 5.78 Å². The van der Waals surface area contributed by atoms with Crippen LogP contribution in [0.25, 0.3) is 0 Å². The first-order valence-corrected chi connectivity index (χ1v) is 7.03. The van der Waals surface area contributed by atoms with Crippen molar-refractivity contribution in [3.63, 3.8) is 0 Å². The molecule has 0 aliphatic carbocycles. The SMILES string of the molecule is CC(=O)c1ccc(N2CCCc3ccccc3C2)cn1. The molecule has 0 unspecified atom stereocenters. The van der Waals surface area contributed by atoms with Gasteiger partial charge in [-0.1, -0.05) is 24.3 Å². The van der Waals surface area contributed by atoms with Gasteiger partial charge < -0.3 is 4.90 Å². The fourth-order valence-corrected chi connectivity index (χ4v) is 2.70. The summed E-state index contributed by atoms with van der Waals surface area (Å²) in [6, 6.07) is 12.4. The van der Waals surface area contributed by atoms with Crippen molar-refractivity contribution in [3.05, 3.63) is 59.4 Å². The minimum Gasteiger partial charge on any atom is -0.366 e. The van der Waals surface area contributed by atoms with Crippen LogP contribution in [0.5, 0.6) is 0 Å². The van der Waals surface area contributed by atoms with Gasteiger partial charge in [0.25, 0.3) is 0 Å². The van der Waals surface area contributed by atoms with Crippen molar-refractivity contribution in [2.24, 2.45) is 0 Å². The zero-order valence-electron chi connectivity index (χ0n) is 11.7. The molecule has 0 bridgehead atoms. The number of rotatable bonds is 2. The Hall–Kier alpha value is -2.16. The molecule has 0 radical (unpaired) electrons. The maximum absolute atomic E-state index is 11.3. The third-order valence-electron chi connectivity index (χ3n) is 3.83. The summed E-state index contributed by atoms with van der Waals surface area (Å²) in [6.45, 7) is 3.48. The highest BCUT2D eigenvalue weighted by molar-refractivity contribution is 5.92. The number of carbonyl (C=O) groups excluding carboxylic acids is 1. The summed E-state index contributed by atoms with van der Waals surface area (Å²) in [5.41, 5.74) is 4.46. The number of hydrogen-bond donors (Lipinski definition) is 0. The smallest absolute Gasteiger partial charge is 0.178 e. The van der Waals surface area contributed by atoms with Gasteiger partial charge in [-0.25, -0.2) is 0 Å². The van der Waals surface area contributed by atoms with E-state index in [0.29, 0.717) is 5.69 Å². The highest BCUT2D eigenvalue weighted by Crippen LogP contribution is 2.23. The molecule has 1 aliphatic rings. The van der Waals surface area contributed by atoms with Gasteiger partial charge in [0.15, 0.2) is 5.78 Å². The van der Waals surface area contributed by atoms with Gasteiger partial charge in [0, 0.05) is 20.0 Å². The fourth-order valence-electron chi connectivity index (χ4n) is 2.70. The zero-order chi connectivity index (χ0) is 13.9. The van der Waals surface area contributed by atoms with Gasteiger partial charge in [0.1, 0.15) is 5.69 Å². The highest BCUT2D eigenvalue weighted by atomic mass is 16.1. The summed E-state index contributed by atoms with van der Waals surface area (Å²) < 4.78 is 0. The van der Waals surface area contributed by atoms with E-state index >= 15 is 0 Å². The van der Waals surface area contributed by atoms with Crippen LogP contribution in [0, 0.1) is 0 Å². The zero-order valence-corrected chi connectivity index (χ0v) is 11.7. The van der Waals surface area contributed by atoms with Crippen molar-refractivity contribution < 1.29 is 4.79 Å².